The molecular weight excluding hydrogens is 325 g/mol. The summed E-state index contributed by atoms with van der Waals surface area (Å²) < 4.78 is 13.5. The summed E-state index contributed by atoms with van der Waals surface area (Å²) in [5.74, 6) is 0.478. The summed E-state index contributed by atoms with van der Waals surface area (Å²) in [5, 5.41) is 3.04. The molecule has 124 valence electrons. The van der Waals surface area contributed by atoms with Crippen LogP contribution in [0.2, 0.25) is 0 Å². The fourth-order valence-corrected chi connectivity index (χ4v) is 4.07. The van der Waals surface area contributed by atoms with Gasteiger partial charge >= 0.3 is 0 Å². The molecule has 1 saturated heterocycles. The van der Waals surface area contributed by atoms with E-state index in [0.717, 1.165) is 59.9 Å². The Balaban J connectivity index is 1.78. The smallest absolute Gasteiger partial charge is 0.213 e. The van der Waals surface area contributed by atoms with Crippen molar-refractivity contribution in [2.75, 3.05) is 37.6 Å². The molecule has 1 fully saturated rings. The second-order valence-corrected chi connectivity index (χ2v) is 6.67. The number of hydrogen-bond donors (Lipinski definition) is 0. The van der Waals surface area contributed by atoms with E-state index in [4.69, 9.17) is 0 Å². The third-order valence-electron chi connectivity index (χ3n) is 4.51. The van der Waals surface area contributed by atoms with Gasteiger partial charge < -0.3 is 9.80 Å². The standard InChI is InChI=1S/C17H18FN5S/c1-2-22-5-7-23(8-6-22)16-15-13(10-24-17(15)21-11-20-16)12-3-4-19-14(18)9-12/h3-4,9-11H,2,5-8H2,1H3. The second-order valence-electron chi connectivity index (χ2n) is 5.82. The zero-order valence-electron chi connectivity index (χ0n) is 13.4. The molecule has 7 heteroatoms. The van der Waals surface area contributed by atoms with Crippen LogP contribution in [-0.4, -0.2) is 52.6 Å². The van der Waals surface area contributed by atoms with Gasteiger partial charge in [-0.05, 0) is 18.2 Å². The Labute approximate surface area is 143 Å². The number of halogens is 1. The lowest BCUT2D eigenvalue weighted by Crippen LogP contribution is -2.46. The van der Waals surface area contributed by atoms with Crippen LogP contribution in [0.3, 0.4) is 0 Å². The van der Waals surface area contributed by atoms with Gasteiger partial charge in [0.1, 0.15) is 17.0 Å². The molecule has 3 aromatic rings. The number of fused-ring (bicyclic) bond motifs is 1. The lowest BCUT2D eigenvalue weighted by molar-refractivity contribution is 0.271. The van der Waals surface area contributed by atoms with Gasteiger partial charge in [0.2, 0.25) is 5.95 Å². The first-order chi connectivity index (χ1) is 11.8. The first-order valence-electron chi connectivity index (χ1n) is 8.07. The van der Waals surface area contributed by atoms with Crippen molar-refractivity contribution in [2.45, 2.75) is 6.92 Å². The minimum atomic E-state index is -0.471. The Morgan fingerprint density at radius 2 is 2.00 bits per heavy atom. The van der Waals surface area contributed by atoms with Crippen LogP contribution in [0.5, 0.6) is 0 Å². The highest BCUT2D eigenvalue weighted by Gasteiger charge is 2.21. The highest BCUT2D eigenvalue weighted by Crippen LogP contribution is 2.38. The van der Waals surface area contributed by atoms with Crippen LogP contribution in [0, 0.1) is 5.95 Å². The molecular formula is C17H18FN5S. The van der Waals surface area contributed by atoms with Gasteiger partial charge in [-0.25, -0.2) is 15.0 Å². The summed E-state index contributed by atoms with van der Waals surface area (Å²) in [6.07, 6.45) is 3.12. The van der Waals surface area contributed by atoms with Crippen molar-refractivity contribution in [3.8, 4) is 11.1 Å². The molecule has 0 aliphatic carbocycles. The first kappa shape index (κ1) is 15.4. The first-order valence-corrected chi connectivity index (χ1v) is 8.95. The topological polar surface area (TPSA) is 45.2 Å². The molecule has 24 heavy (non-hydrogen) atoms. The Morgan fingerprint density at radius 1 is 1.17 bits per heavy atom. The third kappa shape index (κ3) is 2.74. The van der Waals surface area contributed by atoms with Gasteiger partial charge in [-0.15, -0.1) is 11.3 Å². The van der Waals surface area contributed by atoms with E-state index in [1.807, 2.05) is 11.4 Å². The maximum Gasteiger partial charge on any atom is 0.213 e. The number of anilines is 1. The van der Waals surface area contributed by atoms with Crippen LogP contribution in [0.4, 0.5) is 10.2 Å². The van der Waals surface area contributed by atoms with Crippen LogP contribution < -0.4 is 4.90 Å². The van der Waals surface area contributed by atoms with Crippen LogP contribution in [0.15, 0.2) is 30.0 Å². The Kier molecular flexibility index (Phi) is 4.12. The third-order valence-corrected chi connectivity index (χ3v) is 5.39. The predicted molar refractivity (Wildman–Crippen MR) is 94.9 cm³/mol. The molecule has 0 atom stereocenters. The van der Waals surface area contributed by atoms with Crippen molar-refractivity contribution in [1.29, 1.82) is 0 Å². The number of rotatable bonds is 3. The highest BCUT2D eigenvalue weighted by molar-refractivity contribution is 7.17. The van der Waals surface area contributed by atoms with Crippen molar-refractivity contribution < 1.29 is 4.39 Å². The fraction of sp³-hybridized carbons (Fsp3) is 0.353. The number of likely N-dealkylation sites (N-methyl/N-ethyl adjacent to an activating group) is 1. The van der Waals surface area contributed by atoms with E-state index in [9.17, 15) is 4.39 Å². The molecule has 0 spiro atoms. The van der Waals surface area contributed by atoms with Gasteiger partial charge in [0.05, 0.1) is 5.39 Å². The maximum atomic E-state index is 13.5. The van der Waals surface area contributed by atoms with Crippen LogP contribution in [0.25, 0.3) is 21.3 Å². The van der Waals surface area contributed by atoms with Crippen molar-refractivity contribution >= 4 is 27.4 Å². The van der Waals surface area contributed by atoms with Gasteiger partial charge in [0.15, 0.2) is 0 Å². The SMILES string of the molecule is CCN1CCN(c2ncnc3scc(-c4ccnc(F)c4)c23)CC1. The van der Waals surface area contributed by atoms with Crippen LogP contribution >= 0.6 is 11.3 Å². The lowest BCUT2D eigenvalue weighted by atomic mass is 10.1. The van der Waals surface area contributed by atoms with Crippen molar-refractivity contribution in [3.05, 3.63) is 36.0 Å². The molecule has 3 aromatic heterocycles. The fourth-order valence-electron chi connectivity index (χ4n) is 3.16. The number of pyridine rings is 1. The molecule has 0 saturated carbocycles. The summed E-state index contributed by atoms with van der Waals surface area (Å²) in [5.41, 5.74) is 1.79. The molecule has 1 aliphatic heterocycles. The van der Waals surface area contributed by atoms with Crippen molar-refractivity contribution in [2.24, 2.45) is 0 Å². The Hall–Kier alpha value is -2.12. The largest absolute Gasteiger partial charge is 0.353 e. The van der Waals surface area contributed by atoms with Gasteiger partial charge in [0, 0.05) is 49.4 Å². The lowest BCUT2D eigenvalue weighted by Gasteiger charge is -2.35. The average molecular weight is 343 g/mol. The molecule has 4 rings (SSSR count). The van der Waals surface area contributed by atoms with E-state index in [-0.39, 0.29) is 0 Å². The van der Waals surface area contributed by atoms with E-state index in [2.05, 4.69) is 31.7 Å². The average Bonchev–Trinajstić information content (AvgIpc) is 3.06. The zero-order valence-corrected chi connectivity index (χ0v) is 14.3. The van der Waals surface area contributed by atoms with Gasteiger partial charge in [0.25, 0.3) is 0 Å². The van der Waals surface area contributed by atoms with E-state index in [1.54, 1.807) is 17.7 Å². The van der Waals surface area contributed by atoms with Gasteiger partial charge in [-0.3, -0.25) is 0 Å². The minimum absolute atomic E-state index is 0.471. The predicted octanol–water partition coefficient (Wildman–Crippen LogP) is 3.03. The molecule has 0 aromatic carbocycles. The summed E-state index contributed by atoms with van der Waals surface area (Å²) in [6, 6.07) is 3.30. The van der Waals surface area contributed by atoms with Gasteiger partial charge in [-0.1, -0.05) is 6.92 Å². The summed E-state index contributed by atoms with van der Waals surface area (Å²) in [4.78, 5) is 18.3. The minimum Gasteiger partial charge on any atom is -0.353 e. The zero-order chi connectivity index (χ0) is 16.5. The summed E-state index contributed by atoms with van der Waals surface area (Å²) >= 11 is 1.57. The number of aromatic nitrogens is 3. The van der Waals surface area contributed by atoms with E-state index in [1.165, 1.54) is 12.3 Å². The molecule has 1 aliphatic rings. The molecule has 0 unspecified atom stereocenters. The Bertz CT molecular complexity index is 857. The number of thiophene rings is 1. The van der Waals surface area contributed by atoms with Crippen molar-refractivity contribution in [1.82, 2.24) is 19.9 Å². The van der Waals surface area contributed by atoms with Crippen LogP contribution in [0.1, 0.15) is 6.92 Å². The van der Waals surface area contributed by atoms with Crippen LogP contribution in [-0.2, 0) is 0 Å². The normalized spacial score (nSPS) is 16.0. The molecule has 5 nitrogen and oxygen atoms in total. The van der Waals surface area contributed by atoms with E-state index < -0.39 is 5.95 Å². The molecule has 0 radical (unpaired) electrons. The summed E-state index contributed by atoms with van der Waals surface area (Å²) in [6.45, 7) is 7.22. The number of hydrogen-bond acceptors (Lipinski definition) is 6. The molecule has 0 N–H and O–H groups in total. The monoisotopic (exact) mass is 343 g/mol. The summed E-state index contributed by atoms with van der Waals surface area (Å²) in [7, 11) is 0. The molecule has 4 heterocycles. The Morgan fingerprint density at radius 3 is 2.75 bits per heavy atom. The maximum absolute atomic E-state index is 13.5. The number of nitrogens with zero attached hydrogens (tertiary/aromatic N) is 5. The van der Waals surface area contributed by atoms with E-state index >= 15 is 0 Å². The van der Waals surface area contributed by atoms with Crippen molar-refractivity contribution in [3.63, 3.8) is 0 Å². The molecule has 0 amide bonds. The number of piperazine rings is 1. The molecule has 0 bridgehead atoms. The quantitative estimate of drug-likeness (QED) is 0.684. The second kappa shape index (κ2) is 6.41. The van der Waals surface area contributed by atoms with Gasteiger partial charge in [-0.2, -0.15) is 4.39 Å². The van der Waals surface area contributed by atoms with E-state index in [0.29, 0.717) is 0 Å². The highest BCUT2D eigenvalue weighted by atomic mass is 32.1.